The zero-order chi connectivity index (χ0) is 23.4. The van der Waals surface area contributed by atoms with Crippen LogP contribution in [0.25, 0.3) is 11.0 Å². The number of hydrogen-bond acceptors (Lipinski definition) is 4. The maximum Gasteiger partial charge on any atom is 0.343 e. The molecule has 0 amide bonds. The number of anilines is 1. The van der Waals surface area contributed by atoms with Crippen LogP contribution in [0.4, 0.5) is 5.69 Å². The van der Waals surface area contributed by atoms with Crippen molar-refractivity contribution in [2.75, 3.05) is 4.90 Å². The molecule has 4 heteroatoms. The molecule has 3 heterocycles. The van der Waals surface area contributed by atoms with E-state index in [0.717, 1.165) is 22.2 Å². The van der Waals surface area contributed by atoms with E-state index in [1.807, 2.05) is 42.5 Å². The maximum atomic E-state index is 13.3. The molecule has 0 aliphatic carbocycles. The van der Waals surface area contributed by atoms with E-state index in [9.17, 15) is 4.79 Å². The summed E-state index contributed by atoms with van der Waals surface area (Å²) in [6.07, 6.45) is 0.622. The van der Waals surface area contributed by atoms with Crippen LogP contribution in [0.1, 0.15) is 34.6 Å². The van der Waals surface area contributed by atoms with Gasteiger partial charge in [0, 0.05) is 30.1 Å². The van der Waals surface area contributed by atoms with E-state index < -0.39 is 5.72 Å². The van der Waals surface area contributed by atoms with Crippen LogP contribution in [0.5, 0.6) is 5.75 Å². The van der Waals surface area contributed by atoms with E-state index in [1.165, 1.54) is 5.56 Å². The largest absolute Gasteiger partial charge is 0.462 e. The monoisotopic (exact) mass is 457 g/mol. The molecule has 4 aromatic carbocycles. The molecule has 4 nitrogen and oxygen atoms in total. The maximum absolute atomic E-state index is 13.3. The molecule has 0 fully saturated rings. The van der Waals surface area contributed by atoms with Crippen LogP contribution in [-0.4, -0.2) is 0 Å². The van der Waals surface area contributed by atoms with Crippen molar-refractivity contribution in [3.8, 4) is 5.75 Å². The van der Waals surface area contributed by atoms with Crippen molar-refractivity contribution >= 4 is 16.7 Å². The van der Waals surface area contributed by atoms with Gasteiger partial charge in [0.05, 0.1) is 10.9 Å². The lowest BCUT2D eigenvalue weighted by molar-refractivity contribution is 0.0243. The van der Waals surface area contributed by atoms with Gasteiger partial charge in [-0.2, -0.15) is 0 Å². The minimum absolute atomic E-state index is 0.136. The second kappa shape index (κ2) is 7.60. The lowest BCUT2D eigenvalue weighted by Crippen LogP contribution is -2.56. The summed E-state index contributed by atoms with van der Waals surface area (Å²) in [7, 11) is 0. The molecule has 7 rings (SSSR count). The highest BCUT2D eigenvalue weighted by Gasteiger charge is 2.53. The van der Waals surface area contributed by atoms with Gasteiger partial charge in [0.15, 0.2) is 0 Å². The zero-order valence-corrected chi connectivity index (χ0v) is 19.1. The molecule has 2 atom stereocenters. The molecule has 0 spiro atoms. The second-order valence-electron chi connectivity index (χ2n) is 9.27. The molecule has 5 aromatic rings. The van der Waals surface area contributed by atoms with Gasteiger partial charge in [-0.05, 0) is 29.3 Å². The number of ether oxygens (including phenoxy) is 1. The highest BCUT2D eigenvalue weighted by molar-refractivity contribution is 5.86. The Kier molecular flexibility index (Phi) is 4.37. The molecule has 0 unspecified atom stereocenters. The molecule has 0 radical (unpaired) electrons. The van der Waals surface area contributed by atoms with E-state index >= 15 is 0 Å². The number of benzene rings is 4. The highest BCUT2D eigenvalue weighted by atomic mass is 16.5. The third kappa shape index (κ3) is 2.96. The first kappa shape index (κ1) is 20.1. The molecule has 35 heavy (non-hydrogen) atoms. The summed E-state index contributed by atoms with van der Waals surface area (Å²) >= 11 is 0. The number of para-hydroxylation sites is 2. The third-order valence-corrected chi connectivity index (χ3v) is 7.35. The van der Waals surface area contributed by atoms with Crippen LogP contribution in [-0.2, 0) is 12.3 Å². The summed E-state index contributed by atoms with van der Waals surface area (Å²) in [6.45, 7) is 0.675. The van der Waals surface area contributed by atoms with Gasteiger partial charge in [-0.3, -0.25) is 0 Å². The summed E-state index contributed by atoms with van der Waals surface area (Å²) in [5, 5.41) is 0.825. The number of nitrogens with zero attached hydrogens (tertiary/aromatic N) is 1. The first-order valence-electron chi connectivity index (χ1n) is 12.0. The number of rotatable bonds is 3. The van der Waals surface area contributed by atoms with E-state index in [2.05, 4.69) is 71.6 Å². The van der Waals surface area contributed by atoms with Gasteiger partial charge in [0.25, 0.3) is 0 Å². The summed E-state index contributed by atoms with van der Waals surface area (Å²) in [4.78, 5) is 15.7. The van der Waals surface area contributed by atoms with Crippen LogP contribution in [0, 0.1) is 0 Å². The average Bonchev–Trinajstić information content (AvgIpc) is 2.92. The topological polar surface area (TPSA) is 42.7 Å². The highest BCUT2D eigenvalue weighted by Crippen LogP contribution is 2.57. The fourth-order valence-electron chi connectivity index (χ4n) is 5.80. The minimum Gasteiger partial charge on any atom is -0.462 e. The van der Waals surface area contributed by atoms with Crippen LogP contribution >= 0.6 is 0 Å². The van der Waals surface area contributed by atoms with Crippen molar-refractivity contribution in [2.45, 2.75) is 24.6 Å². The minimum atomic E-state index is -0.778. The lowest BCUT2D eigenvalue weighted by atomic mass is 9.74. The Morgan fingerprint density at radius 1 is 0.800 bits per heavy atom. The molecule has 0 N–H and O–H groups in total. The molecular weight excluding hydrogens is 434 g/mol. The van der Waals surface area contributed by atoms with Crippen LogP contribution < -0.4 is 15.3 Å². The van der Waals surface area contributed by atoms with Crippen molar-refractivity contribution in [3.63, 3.8) is 0 Å². The SMILES string of the molecule is O=c1oc2ccccc2c2c1[C@H]1C[C@@](c3ccccc3)(O2)N(Cc2ccccc2)c2ccccc21. The van der Waals surface area contributed by atoms with Crippen molar-refractivity contribution in [2.24, 2.45) is 0 Å². The van der Waals surface area contributed by atoms with E-state index in [1.54, 1.807) is 0 Å². The summed E-state index contributed by atoms with van der Waals surface area (Å²) < 4.78 is 12.9. The van der Waals surface area contributed by atoms with Gasteiger partial charge in [0.1, 0.15) is 11.3 Å². The van der Waals surface area contributed by atoms with E-state index in [-0.39, 0.29) is 11.5 Å². The Morgan fingerprint density at radius 2 is 1.49 bits per heavy atom. The summed E-state index contributed by atoms with van der Waals surface area (Å²) in [5.41, 5.74) is 4.53. The molecule has 1 aromatic heterocycles. The first-order chi connectivity index (χ1) is 17.2. The smallest absolute Gasteiger partial charge is 0.343 e. The van der Waals surface area contributed by atoms with Crippen molar-refractivity contribution in [1.82, 2.24) is 0 Å². The molecule has 2 bridgehead atoms. The van der Waals surface area contributed by atoms with Crippen LogP contribution in [0.2, 0.25) is 0 Å². The van der Waals surface area contributed by atoms with Crippen molar-refractivity contribution < 1.29 is 9.15 Å². The molecule has 0 saturated carbocycles. The predicted octanol–water partition coefficient (Wildman–Crippen LogP) is 6.58. The van der Waals surface area contributed by atoms with E-state index in [0.29, 0.717) is 29.9 Å². The zero-order valence-electron chi connectivity index (χ0n) is 19.1. The third-order valence-electron chi connectivity index (χ3n) is 7.35. The van der Waals surface area contributed by atoms with Crippen LogP contribution in [0.15, 0.2) is 118 Å². The van der Waals surface area contributed by atoms with Gasteiger partial charge >= 0.3 is 5.63 Å². The summed E-state index contributed by atoms with van der Waals surface area (Å²) in [6, 6.07) is 36.9. The van der Waals surface area contributed by atoms with Crippen molar-refractivity contribution in [3.05, 3.63) is 142 Å². The molecule has 2 aliphatic rings. The van der Waals surface area contributed by atoms with Gasteiger partial charge in [-0.1, -0.05) is 91.0 Å². The lowest BCUT2D eigenvalue weighted by Gasteiger charge is -2.54. The normalized spacial score (nSPS) is 20.1. The number of hydrogen-bond donors (Lipinski definition) is 0. The quantitative estimate of drug-likeness (QED) is 0.287. The Hall–Kier alpha value is -4.31. The Bertz CT molecular complexity index is 1610. The Labute approximate surface area is 203 Å². The molecule has 170 valence electrons. The van der Waals surface area contributed by atoms with Gasteiger partial charge in [-0.25, -0.2) is 4.79 Å². The molecule has 2 aliphatic heterocycles. The van der Waals surface area contributed by atoms with Crippen molar-refractivity contribution in [1.29, 1.82) is 0 Å². The first-order valence-corrected chi connectivity index (χ1v) is 12.0. The predicted molar refractivity (Wildman–Crippen MR) is 137 cm³/mol. The summed E-state index contributed by atoms with van der Waals surface area (Å²) in [5.74, 6) is 0.493. The Morgan fingerprint density at radius 3 is 2.31 bits per heavy atom. The Balaban J connectivity index is 1.56. The van der Waals surface area contributed by atoms with Gasteiger partial charge in [-0.15, -0.1) is 0 Å². The fraction of sp³-hybridized carbons (Fsp3) is 0.129. The standard InChI is InChI=1S/C31H23NO3/c33-30-28-25-19-31(22-13-5-2-6-14-22,35-29(28)24-16-8-10-18-27(24)34-30)32(20-21-11-3-1-4-12-21)26-17-9-7-15-23(25)26/h1-18,25H,19-20H2/t25-,31-/m0/s1. The van der Waals surface area contributed by atoms with Gasteiger partial charge < -0.3 is 14.1 Å². The fourth-order valence-corrected chi connectivity index (χ4v) is 5.80. The van der Waals surface area contributed by atoms with E-state index in [4.69, 9.17) is 9.15 Å². The van der Waals surface area contributed by atoms with Crippen LogP contribution in [0.3, 0.4) is 0 Å². The number of fused-ring (bicyclic) bond motifs is 8. The van der Waals surface area contributed by atoms with Gasteiger partial charge in [0.2, 0.25) is 5.72 Å². The molecule has 0 saturated heterocycles. The molecular formula is C31H23NO3. The second-order valence-corrected chi connectivity index (χ2v) is 9.27. The average molecular weight is 458 g/mol.